The fourth-order valence-corrected chi connectivity index (χ4v) is 4.69. The van der Waals surface area contributed by atoms with Gasteiger partial charge in [-0.3, -0.25) is 4.99 Å². The molecule has 1 N–H and O–H groups in total. The second kappa shape index (κ2) is 9.27. The van der Waals surface area contributed by atoms with Gasteiger partial charge in [0, 0.05) is 21.5 Å². The maximum atomic E-state index is 12.8. The number of benzene rings is 3. The lowest BCUT2D eigenvalue weighted by molar-refractivity contribution is -0.137. The van der Waals surface area contributed by atoms with Gasteiger partial charge in [0.15, 0.2) is 11.0 Å². The Morgan fingerprint density at radius 3 is 2.32 bits per heavy atom. The molecule has 1 aromatic heterocycles. The first-order chi connectivity index (χ1) is 16.3. The van der Waals surface area contributed by atoms with Crippen LogP contribution >= 0.6 is 27.7 Å². The molecule has 34 heavy (non-hydrogen) atoms. The summed E-state index contributed by atoms with van der Waals surface area (Å²) in [6, 6.07) is 20.7. The zero-order valence-electron chi connectivity index (χ0n) is 17.5. The molecule has 0 aliphatic carbocycles. The van der Waals surface area contributed by atoms with E-state index in [9.17, 15) is 13.2 Å². The van der Waals surface area contributed by atoms with E-state index in [0.29, 0.717) is 11.5 Å². The van der Waals surface area contributed by atoms with Crippen molar-refractivity contribution in [1.29, 1.82) is 0 Å². The smallest absolute Gasteiger partial charge is 0.335 e. The summed E-state index contributed by atoms with van der Waals surface area (Å²) in [6.07, 6.45) is -2.89. The number of hydrogen-bond donors (Lipinski definition) is 1. The number of hydrogen-bond acceptors (Lipinski definition) is 5. The van der Waals surface area contributed by atoms with Crippen molar-refractivity contribution in [2.45, 2.75) is 12.2 Å². The molecule has 0 saturated heterocycles. The molecular weight excluding hydrogens is 527 g/mol. The highest BCUT2D eigenvalue weighted by atomic mass is 79.9. The number of alkyl halides is 3. The molecule has 10 heteroatoms. The molecule has 4 aromatic rings. The van der Waals surface area contributed by atoms with Gasteiger partial charge in [-0.15, -0.1) is 5.10 Å². The molecular formula is C24H17BrF3N5S. The Bertz CT molecular complexity index is 1320. The van der Waals surface area contributed by atoms with Crippen LogP contribution < -0.4 is 5.32 Å². The van der Waals surface area contributed by atoms with Gasteiger partial charge >= 0.3 is 6.18 Å². The van der Waals surface area contributed by atoms with Gasteiger partial charge in [-0.2, -0.15) is 13.2 Å². The van der Waals surface area contributed by atoms with Gasteiger partial charge in [-0.1, -0.05) is 39.8 Å². The molecule has 1 aliphatic heterocycles. The van der Waals surface area contributed by atoms with Crippen LogP contribution in [0.5, 0.6) is 0 Å². The lowest BCUT2D eigenvalue weighted by Gasteiger charge is -2.07. The number of aromatic nitrogens is 3. The first-order valence-corrected chi connectivity index (χ1v) is 12.1. The number of aliphatic imine (C=N–C) groups is 1. The highest BCUT2D eigenvalue weighted by molar-refractivity contribution is 9.10. The third-order valence-corrected chi connectivity index (χ3v) is 6.74. The SMILES string of the molecule is FC(F)(F)c1ccc(-n2cnc(-c3ccc(NC4=NC(c5ccc(Br)cc5)CS4)cc3)n2)cc1. The summed E-state index contributed by atoms with van der Waals surface area (Å²) in [6.45, 7) is 0. The number of rotatable bonds is 4. The van der Waals surface area contributed by atoms with Crippen LogP contribution in [0.15, 0.2) is 88.6 Å². The van der Waals surface area contributed by atoms with Crippen LogP contribution in [0.2, 0.25) is 0 Å². The number of nitrogens with one attached hydrogen (secondary N) is 1. The van der Waals surface area contributed by atoms with E-state index in [0.717, 1.165) is 38.8 Å². The van der Waals surface area contributed by atoms with E-state index in [-0.39, 0.29) is 6.04 Å². The first kappa shape index (κ1) is 22.7. The van der Waals surface area contributed by atoms with Crippen molar-refractivity contribution in [1.82, 2.24) is 14.8 Å². The van der Waals surface area contributed by atoms with Gasteiger partial charge < -0.3 is 5.32 Å². The van der Waals surface area contributed by atoms with E-state index < -0.39 is 11.7 Å². The minimum absolute atomic E-state index is 0.123. The lowest BCUT2D eigenvalue weighted by atomic mass is 10.1. The maximum Gasteiger partial charge on any atom is 0.416 e. The summed E-state index contributed by atoms with van der Waals surface area (Å²) in [4.78, 5) is 9.07. The Morgan fingerprint density at radius 1 is 0.941 bits per heavy atom. The molecule has 2 heterocycles. The van der Waals surface area contributed by atoms with Crippen molar-refractivity contribution < 1.29 is 13.2 Å². The Kier molecular flexibility index (Phi) is 6.18. The third kappa shape index (κ3) is 5.02. The molecule has 172 valence electrons. The molecule has 0 amide bonds. The third-order valence-electron chi connectivity index (χ3n) is 5.25. The number of anilines is 1. The van der Waals surface area contributed by atoms with Crippen molar-refractivity contribution >= 4 is 38.5 Å². The monoisotopic (exact) mass is 543 g/mol. The number of thioether (sulfide) groups is 1. The average Bonchev–Trinajstić information content (AvgIpc) is 3.50. The van der Waals surface area contributed by atoms with Crippen LogP contribution in [0.1, 0.15) is 17.2 Å². The highest BCUT2D eigenvalue weighted by Crippen LogP contribution is 2.32. The molecule has 1 atom stereocenters. The first-order valence-electron chi connectivity index (χ1n) is 10.3. The summed E-state index contributed by atoms with van der Waals surface area (Å²) in [5.41, 5.74) is 2.67. The second-order valence-corrected chi connectivity index (χ2v) is 9.50. The molecule has 1 aliphatic rings. The minimum Gasteiger partial charge on any atom is -0.335 e. The Labute approximate surface area is 206 Å². The second-order valence-electron chi connectivity index (χ2n) is 7.57. The summed E-state index contributed by atoms with van der Waals surface area (Å²) in [5, 5.41) is 8.61. The van der Waals surface area contributed by atoms with Crippen molar-refractivity contribution in [3.8, 4) is 17.1 Å². The van der Waals surface area contributed by atoms with Gasteiger partial charge in [0.05, 0.1) is 17.3 Å². The molecule has 1 unspecified atom stereocenters. The van der Waals surface area contributed by atoms with E-state index in [1.54, 1.807) is 11.8 Å². The van der Waals surface area contributed by atoms with Gasteiger partial charge in [-0.25, -0.2) is 9.67 Å². The Hall–Kier alpha value is -3.11. The standard InChI is InChI=1S/C24H17BrF3N5S/c25-18-7-1-15(2-8-18)21-13-34-23(31-21)30-19-9-3-16(4-10-19)22-29-14-33(32-22)20-11-5-17(6-12-20)24(26,27)28/h1-12,14,21H,13H2,(H,30,31). The van der Waals surface area contributed by atoms with Gasteiger partial charge in [-0.05, 0) is 66.2 Å². The lowest BCUT2D eigenvalue weighted by Crippen LogP contribution is -2.05. The molecule has 3 aromatic carbocycles. The van der Waals surface area contributed by atoms with E-state index in [1.807, 2.05) is 36.4 Å². The molecule has 0 spiro atoms. The topological polar surface area (TPSA) is 55.1 Å². The van der Waals surface area contributed by atoms with Crippen molar-refractivity contribution in [3.63, 3.8) is 0 Å². The van der Waals surface area contributed by atoms with Crippen LogP contribution in [0.25, 0.3) is 17.1 Å². The fraction of sp³-hybridized carbons (Fsp3) is 0.125. The van der Waals surface area contributed by atoms with E-state index >= 15 is 0 Å². The van der Waals surface area contributed by atoms with Crippen molar-refractivity contribution in [2.75, 3.05) is 11.1 Å². The van der Waals surface area contributed by atoms with Gasteiger partial charge in [0.25, 0.3) is 0 Å². The summed E-state index contributed by atoms with van der Waals surface area (Å²) >= 11 is 5.13. The van der Waals surface area contributed by atoms with Crippen LogP contribution in [0, 0.1) is 0 Å². The Balaban J connectivity index is 1.26. The van der Waals surface area contributed by atoms with E-state index in [4.69, 9.17) is 4.99 Å². The quantitative estimate of drug-likeness (QED) is 0.302. The summed E-state index contributed by atoms with van der Waals surface area (Å²) in [7, 11) is 0. The predicted molar refractivity (Wildman–Crippen MR) is 132 cm³/mol. The molecule has 0 radical (unpaired) electrons. The van der Waals surface area contributed by atoms with Crippen LogP contribution in [0.3, 0.4) is 0 Å². The number of amidine groups is 1. The van der Waals surface area contributed by atoms with Gasteiger partial charge in [0.1, 0.15) is 6.33 Å². The predicted octanol–water partition coefficient (Wildman–Crippen LogP) is 6.97. The summed E-state index contributed by atoms with van der Waals surface area (Å²) in [5.74, 6) is 1.36. The number of nitrogens with zero attached hydrogens (tertiary/aromatic N) is 4. The zero-order valence-corrected chi connectivity index (χ0v) is 19.9. The fourth-order valence-electron chi connectivity index (χ4n) is 3.45. The van der Waals surface area contributed by atoms with Gasteiger partial charge in [0.2, 0.25) is 0 Å². The van der Waals surface area contributed by atoms with Crippen LogP contribution in [0.4, 0.5) is 18.9 Å². The minimum atomic E-state index is -4.37. The van der Waals surface area contributed by atoms with E-state index in [2.05, 4.69) is 43.5 Å². The van der Waals surface area contributed by atoms with Crippen LogP contribution in [-0.2, 0) is 6.18 Å². The summed E-state index contributed by atoms with van der Waals surface area (Å²) < 4.78 is 40.8. The average molecular weight is 544 g/mol. The molecule has 5 nitrogen and oxygen atoms in total. The van der Waals surface area contributed by atoms with Crippen molar-refractivity contribution in [3.05, 3.63) is 94.7 Å². The zero-order chi connectivity index (χ0) is 23.7. The molecule has 0 fully saturated rings. The van der Waals surface area contributed by atoms with Crippen LogP contribution in [-0.4, -0.2) is 25.7 Å². The molecule has 0 saturated carbocycles. The highest BCUT2D eigenvalue weighted by Gasteiger charge is 2.30. The Morgan fingerprint density at radius 2 is 1.65 bits per heavy atom. The largest absolute Gasteiger partial charge is 0.416 e. The maximum absolute atomic E-state index is 12.8. The van der Waals surface area contributed by atoms with E-state index in [1.165, 1.54) is 28.7 Å². The van der Waals surface area contributed by atoms with Crippen molar-refractivity contribution in [2.24, 2.45) is 4.99 Å². The number of halogens is 4. The normalized spacial score (nSPS) is 15.9. The molecule has 0 bridgehead atoms. The molecule has 5 rings (SSSR count).